The van der Waals surface area contributed by atoms with Gasteiger partial charge in [0.05, 0.1) is 0 Å². The normalized spacial score (nSPS) is 10.7. The number of benzene rings is 1. The number of amides is 1. The summed E-state index contributed by atoms with van der Waals surface area (Å²) in [5.74, 6) is -0.652. The summed E-state index contributed by atoms with van der Waals surface area (Å²) in [7, 11) is 0. The lowest BCUT2D eigenvalue weighted by Crippen LogP contribution is -2.26. The molecule has 7 heteroatoms. The summed E-state index contributed by atoms with van der Waals surface area (Å²) in [5, 5.41) is 4.44. The second-order valence-electron chi connectivity index (χ2n) is 5.06. The molecule has 3 rings (SSSR count). The van der Waals surface area contributed by atoms with Crippen molar-refractivity contribution >= 4 is 33.7 Å². The fourth-order valence-corrected chi connectivity index (χ4v) is 3.02. The molecule has 0 saturated carbocycles. The Bertz CT molecular complexity index is 988. The molecule has 1 N–H and O–H groups in total. The van der Waals surface area contributed by atoms with Gasteiger partial charge in [-0.25, -0.2) is 4.98 Å². The van der Waals surface area contributed by atoms with E-state index in [1.807, 2.05) is 5.38 Å². The summed E-state index contributed by atoms with van der Waals surface area (Å²) in [6, 6.07) is 6.56. The Balaban J connectivity index is 1.96. The minimum atomic E-state index is -0.553. The van der Waals surface area contributed by atoms with Gasteiger partial charge in [-0.1, -0.05) is 12.1 Å². The number of carbonyl (C=O) groups excluding carboxylic acids is 2. The molecule has 23 heavy (non-hydrogen) atoms. The fourth-order valence-electron chi connectivity index (χ4n) is 2.20. The SMILES string of the molecule is CC(=O)c1cccc(NC(=O)c2cnc3scc(C)n3c2=O)c1. The maximum atomic E-state index is 12.4. The molecule has 0 aliphatic rings. The molecular formula is C16H13N3O3S. The summed E-state index contributed by atoms with van der Waals surface area (Å²) >= 11 is 1.34. The van der Waals surface area contributed by atoms with Crippen molar-refractivity contribution in [1.29, 1.82) is 0 Å². The van der Waals surface area contributed by atoms with Gasteiger partial charge in [-0.15, -0.1) is 11.3 Å². The highest BCUT2D eigenvalue weighted by Crippen LogP contribution is 2.14. The lowest BCUT2D eigenvalue weighted by atomic mass is 10.1. The van der Waals surface area contributed by atoms with Crippen LogP contribution in [0.15, 0.2) is 40.6 Å². The Morgan fingerprint density at radius 1 is 1.30 bits per heavy atom. The number of thiazole rings is 1. The van der Waals surface area contributed by atoms with Gasteiger partial charge in [0.2, 0.25) is 0 Å². The third-order valence-corrected chi connectivity index (χ3v) is 4.35. The first kappa shape index (κ1) is 15.1. The number of nitrogens with zero attached hydrogens (tertiary/aromatic N) is 2. The van der Waals surface area contributed by atoms with Gasteiger partial charge < -0.3 is 5.32 Å². The van der Waals surface area contributed by atoms with E-state index in [-0.39, 0.29) is 11.3 Å². The molecule has 1 aromatic carbocycles. The molecule has 6 nitrogen and oxygen atoms in total. The molecule has 2 aromatic heterocycles. The van der Waals surface area contributed by atoms with Gasteiger partial charge in [-0.2, -0.15) is 0 Å². The van der Waals surface area contributed by atoms with Crippen LogP contribution in [0.1, 0.15) is 33.3 Å². The number of rotatable bonds is 3. The van der Waals surface area contributed by atoms with Gasteiger partial charge in [-0.05, 0) is 26.0 Å². The summed E-state index contributed by atoms with van der Waals surface area (Å²) in [6.07, 6.45) is 1.28. The van der Waals surface area contributed by atoms with Gasteiger partial charge >= 0.3 is 0 Å². The molecule has 0 spiro atoms. The van der Waals surface area contributed by atoms with Crippen molar-refractivity contribution in [2.75, 3.05) is 5.32 Å². The van der Waals surface area contributed by atoms with E-state index in [1.165, 1.54) is 28.9 Å². The first-order valence-electron chi connectivity index (χ1n) is 6.85. The monoisotopic (exact) mass is 327 g/mol. The largest absolute Gasteiger partial charge is 0.322 e. The number of nitrogens with one attached hydrogen (secondary N) is 1. The van der Waals surface area contributed by atoms with Crippen LogP contribution in [0.3, 0.4) is 0 Å². The highest BCUT2D eigenvalue weighted by atomic mass is 32.1. The zero-order valence-electron chi connectivity index (χ0n) is 12.5. The first-order valence-corrected chi connectivity index (χ1v) is 7.73. The third-order valence-electron chi connectivity index (χ3n) is 3.39. The minimum absolute atomic E-state index is 0.0442. The van der Waals surface area contributed by atoms with Crippen molar-refractivity contribution in [3.05, 3.63) is 63.0 Å². The molecule has 1 amide bonds. The van der Waals surface area contributed by atoms with Crippen molar-refractivity contribution in [3.63, 3.8) is 0 Å². The predicted octanol–water partition coefficient (Wildman–Crippen LogP) is 2.52. The molecule has 0 fully saturated rings. The predicted molar refractivity (Wildman–Crippen MR) is 88.5 cm³/mol. The minimum Gasteiger partial charge on any atom is -0.322 e. The number of hydrogen-bond acceptors (Lipinski definition) is 5. The number of hydrogen-bond donors (Lipinski definition) is 1. The van der Waals surface area contributed by atoms with Crippen LogP contribution in [0.25, 0.3) is 4.96 Å². The highest BCUT2D eigenvalue weighted by Gasteiger charge is 2.15. The maximum absolute atomic E-state index is 12.4. The summed E-state index contributed by atoms with van der Waals surface area (Å²) in [4.78, 5) is 40.8. The third kappa shape index (κ3) is 2.78. The van der Waals surface area contributed by atoms with E-state index < -0.39 is 11.5 Å². The van der Waals surface area contributed by atoms with Crippen LogP contribution in [-0.2, 0) is 0 Å². The number of Topliss-reactive ketones (excluding diaryl/α,β-unsaturated/α-hetero) is 1. The molecule has 3 aromatic rings. The quantitative estimate of drug-likeness (QED) is 0.750. The molecule has 0 aliphatic heterocycles. The van der Waals surface area contributed by atoms with Crippen molar-refractivity contribution in [2.24, 2.45) is 0 Å². The van der Waals surface area contributed by atoms with Gasteiger partial charge in [-0.3, -0.25) is 18.8 Å². The Hall–Kier alpha value is -2.80. The number of carbonyl (C=O) groups is 2. The second-order valence-corrected chi connectivity index (χ2v) is 5.90. The average Bonchev–Trinajstić information content (AvgIpc) is 2.90. The number of aromatic nitrogens is 2. The van der Waals surface area contributed by atoms with Crippen LogP contribution >= 0.6 is 11.3 Å². The van der Waals surface area contributed by atoms with Crippen molar-refractivity contribution in [2.45, 2.75) is 13.8 Å². The van der Waals surface area contributed by atoms with Crippen molar-refractivity contribution < 1.29 is 9.59 Å². The lowest BCUT2D eigenvalue weighted by molar-refractivity contribution is 0.101. The lowest BCUT2D eigenvalue weighted by Gasteiger charge is -2.06. The Kier molecular flexibility index (Phi) is 3.79. The van der Waals surface area contributed by atoms with Gasteiger partial charge in [0.1, 0.15) is 5.56 Å². The Morgan fingerprint density at radius 2 is 2.09 bits per heavy atom. The molecule has 0 radical (unpaired) electrons. The zero-order chi connectivity index (χ0) is 16.6. The average molecular weight is 327 g/mol. The van der Waals surface area contributed by atoms with Crippen LogP contribution in [-0.4, -0.2) is 21.1 Å². The number of fused-ring (bicyclic) bond motifs is 1. The number of anilines is 1. The molecule has 2 heterocycles. The first-order chi connectivity index (χ1) is 11.0. The standard InChI is InChI=1S/C16H13N3O3S/c1-9-8-23-16-17-7-13(15(22)19(9)16)14(21)18-12-5-3-4-11(6-12)10(2)20/h3-8H,1-2H3,(H,18,21). The molecular weight excluding hydrogens is 314 g/mol. The van der Waals surface area contributed by atoms with E-state index in [0.29, 0.717) is 16.2 Å². The second kappa shape index (κ2) is 5.77. The van der Waals surface area contributed by atoms with E-state index in [9.17, 15) is 14.4 Å². The van der Waals surface area contributed by atoms with E-state index in [2.05, 4.69) is 10.3 Å². The fraction of sp³-hybridized carbons (Fsp3) is 0.125. The van der Waals surface area contributed by atoms with E-state index >= 15 is 0 Å². The van der Waals surface area contributed by atoms with Crippen LogP contribution < -0.4 is 10.9 Å². The maximum Gasteiger partial charge on any atom is 0.271 e. The molecule has 116 valence electrons. The van der Waals surface area contributed by atoms with Crippen LogP contribution in [0, 0.1) is 6.92 Å². The van der Waals surface area contributed by atoms with Crippen molar-refractivity contribution in [3.8, 4) is 0 Å². The number of ketones is 1. The zero-order valence-corrected chi connectivity index (χ0v) is 13.3. The summed E-state index contributed by atoms with van der Waals surface area (Å²) in [6.45, 7) is 3.23. The molecule has 0 bridgehead atoms. The topological polar surface area (TPSA) is 80.5 Å². The van der Waals surface area contributed by atoms with E-state index in [4.69, 9.17) is 0 Å². The van der Waals surface area contributed by atoms with Gasteiger partial charge in [0.25, 0.3) is 11.5 Å². The van der Waals surface area contributed by atoms with Crippen LogP contribution in [0.4, 0.5) is 5.69 Å². The van der Waals surface area contributed by atoms with Gasteiger partial charge in [0, 0.05) is 28.5 Å². The Labute approximate surface area is 135 Å². The smallest absolute Gasteiger partial charge is 0.271 e. The number of aryl methyl sites for hydroxylation is 1. The van der Waals surface area contributed by atoms with Crippen LogP contribution in [0.2, 0.25) is 0 Å². The molecule has 0 atom stereocenters. The summed E-state index contributed by atoms with van der Waals surface area (Å²) < 4.78 is 1.41. The van der Waals surface area contributed by atoms with Gasteiger partial charge in [0.15, 0.2) is 10.7 Å². The molecule has 0 aliphatic carbocycles. The Morgan fingerprint density at radius 3 is 2.83 bits per heavy atom. The molecule has 0 unspecified atom stereocenters. The van der Waals surface area contributed by atoms with Crippen molar-refractivity contribution in [1.82, 2.24) is 9.38 Å². The van der Waals surface area contributed by atoms with Crippen LogP contribution in [0.5, 0.6) is 0 Å². The molecule has 0 saturated heterocycles. The highest BCUT2D eigenvalue weighted by molar-refractivity contribution is 7.15. The van der Waals surface area contributed by atoms with E-state index in [1.54, 1.807) is 31.2 Å². The van der Waals surface area contributed by atoms with E-state index in [0.717, 1.165) is 5.69 Å². The summed E-state index contributed by atoms with van der Waals surface area (Å²) in [5.41, 5.74) is 1.22.